The molecule has 1 unspecified atom stereocenters. The summed E-state index contributed by atoms with van der Waals surface area (Å²) in [5.41, 5.74) is 1.98. The first kappa shape index (κ1) is 16.3. The number of halogens is 3. The molecule has 25 heavy (non-hydrogen) atoms. The third-order valence-corrected chi connectivity index (χ3v) is 5.43. The highest BCUT2D eigenvalue weighted by Crippen LogP contribution is 2.35. The smallest absolute Gasteiger partial charge is 0.216 e. The van der Waals surface area contributed by atoms with Crippen LogP contribution in [0.4, 0.5) is 13.2 Å². The van der Waals surface area contributed by atoms with E-state index >= 15 is 0 Å². The quantitative estimate of drug-likeness (QED) is 0.587. The number of aromatic nitrogens is 2. The molecule has 2 heterocycles. The summed E-state index contributed by atoms with van der Waals surface area (Å²) in [5, 5.41) is 1.35. The van der Waals surface area contributed by atoms with Gasteiger partial charge in [-0.15, -0.1) is 0 Å². The molecule has 6 heteroatoms. The van der Waals surface area contributed by atoms with Gasteiger partial charge in [-0.05, 0) is 36.9 Å². The van der Waals surface area contributed by atoms with Gasteiger partial charge in [0.05, 0.1) is 10.8 Å². The second-order valence-corrected chi connectivity index (χ2v) is 7.53. The maximum absolute atomic E-state index is 13.1. The molecule has 0 N–H and O–H groups in total. The second kappa shape index (κ2) is 5.95. The number of rotatable bonds is 2. The van der Waals surface area contributed by atoms with Gasteiger partial charge in [-0.3, -0.25) is 0 Å². The van der Waals surface area contributed by atoms with E-state index in [9.17, 15) is 13.2 Å². The van der Waals surface area contributed by atoms with E-state index < -0.39 is 11.7 Å². The van der Waals surface area contributed by atoms with E-state index in [1.165, 1.54) is 12.1 Å². The van der Waals surface area contributed by atoms with E-state index in [2.05, 4.69) is 11.5 Å². The van der Waals surface area contributed by atoms with Gasteiger partial charge in [0.15, 0.2) is 5.69 Å². The van der Waals surface area contributed by atoms with E-state index in [1.54, 1.807) is 17.8 Å². The normalized spacial score (nSPS) is 16.9. The number of fused-ring (bicyclic) bond motifs is 1. The third-order valence-electron chi connectivity index (χ3n) is 4.25. The topological polar surface area (TPSA) is 8.81 Å². The number of alkyl halides is 3. The molecule has 0 radical (unpaired) electrons. The standard InChI is InChI=1S/C19H16F3N2S/c1-13-11-24-17(14-6-3-2-4-7-14)12-23(18(24)25-13)16-9-5-8-15(10-16)19(20,21)22/h2-10,12-13H,11H2,1H3/q+1. The minimum Gasteiger partial charge on any atom is -0.216 e. The van der Waals surface area contributed by atoms with Crippen LogP contribution in [0.3, 0.4) is 0 Å². The van der Waals surface area contributed by atoms with E-state index in [4.69, 9.17) is 0 Å². The van der Waals surface area contributed by atoms with Gasteiger partial charge in [-0.25, -0.2) is 4.57 Å². The Morgan fingerprint density at radius 1 is 1.08 bits per heavy atom. The fraction of sp³-hybridized carbons (Fsp3) is 0.211. The Kier molecular flexibility index (Phi) is 3.87. The lowest BCUT2D eigenvalue weighted by Gasteiger charge is -2.07. The fourth-order valence-corrected chi connectivity index (χ4v) is 4.26. The predicted molar refractivity (Wildman–Crippen MR) is 91.7 cm³/mol. The number of nitrogens with zero attached hydrogens (tertiary/aromatic N) is 2. The summed E-state index contributed by atoms with van der Waals surface area (Å²) in [6.45, 7) is 2.97. The minimum absolute atomic E-state index is 0.385. The Labute approximate surface area is 147 Å². The molecule has 128 valence electrons. The van der Waals surface area contributed by atoms with Crippen molar-refractivity contribution in [1.29, 1.82) is 0 Å². The van der Waals surface area contributed by atoms with Crippen LogP contribution in [0.2, 0.25) is 0 Å². The molecule has 0 saturated heterocycles. The summed E-state index contributed by atoms with van der Waals surface area (Å²) in [5.74, 6) is 0. The van der Waals surface area contributed by atoms with Gasteiger partial charge in [-0.2, -0.15) is 17.7 Å². The van der Waals surface area contributed by atoms with Crippen molar-refractivity contribution in [2.75, 3.05) is 0 Å². The molecule has 2 nitrogen and oxygen atoms in total. The van der Waals surface area contributed by atoms with Crippen LogP contribution < -0.4 is 4.57 Å². The SMILES string of the molecule is CC1C[n+]2c(-c3ccccc3)cn(-c3cccc(C(F)(F)F)c3)c2S1. The lowest BCUT2D eigenvalue weighted by atomic mass is 10.1. The van der Waals surface area contributed by atoms with E-state index in [1.807, 2.05) is 41.1 Å². The molecule has 0 spiro atoms. The van der Waals surface area contributed by atoms with Gasteiger partial charge < -0.3 is 0 Å². The fourth-order valence-electron chi connectivity index (χ4n) is 3.11. The van der Waals surface area contributed by atoms with Crippen molar-refractivity contribution in [1.82, 2.24) is 4.57 Å². The van der Waals surface area contributed by atoms with Crippen LogP contribution in [0.15, 0.2) is 66.0 Å². The molecule has 2 aromatic carbocycles. The maximum atomic E-state index is 13.1. The molecule has 0 saturated carbocycles. The van der Waals surface area contributed by atoms with Gasteiger partial charge in [0, 0.05) is 5.56 Å². The maximum Gasteiger partial charge on any atom is 0.416 e. The molecule has 0 amide bonds. The van der Waals surface area contributed by atoms with Gasteiger partial charge in [0.25, 0.3) is 0 Å². The monoisotopic (exact) mass is 361 g/mol. The first-order chi connectivity index (χ1) is 11.9. The summed E-state index contributed by atoms with van der Waals surface area (Å²) in [6.07, 6.45) is -2.42. The summed E-state index contributed by atoms with van der Waals surface area (Å²) in [4.78, 5) is 0. The van der Waals surface area contributed by atoms with Crippen molar-refractivity contribution in [2.24, 2.45) is 0 Å². The van der Waals surface area contributed by atoms with Crippen molar-refractivity contribution in [3.8, 4) is 16.9 Å². The van der Waals surface area contributed by atoms with Crippen molar-refractivity contribution in [2.45, 2.75) is 30.1 Å². The average Bonchev–Trinajstić information content (AvgIpc) is 3.12. The summed E-state index contributed by atoms with van der Waals surface area (Å²) < 4.78 is 43.3. The molecule has 1 aromatic heterocycles. The number of hydrogen-bond acceptors (Lipinski definition) is 1. The molecular weight excluding hydrogens is 345 g/mol. The molecule has 1 atom stereocenters. The van der Waals surface area contributed by atoms with Crippen LogP contribution >= 0.6 is 11.8 Å². The zero-order chi connectivity index (χ0) is 17.6. The number of imidazole rings is 1. The highest BCUT2D eigenvalue weighted by atomic mass is 32.2. The van der Waals surface area contributed by atoms with Crippen LogP contribution in [-0.2, 0) is 12.7 Å². The van der Waals surface area contributed by atoms with Gasteiger partial charge >= 0.3 is 11.3 Å². The molecule has 3 aromatic rings. The molecular formula is C19H16F3N2S+. The molecule has 0 fully saturated rings. The lowest BCUT2D eigenvalue weighted by Crippen LogP contribution is -2.35. The third kappa shape index (κ3) is 2.95. The minimum atomic E-state index is -4.35. The number of thioether (sulfide) groups is 1. The van der Waals surface area contributed by atoms with Crippen LogP contribution in [0, 0.1) is 0 Å². The van der Waals surface area contributed by atoms with E-state index in [0.717, 1.165) is 29.0 Å². The van der Waals surface area contributed by atoms with E-state index in [0.29, 0.717) is 10.9 Å². The van der Waals surface area contributed by atoms with Crippen molar-refractivity contribution >= 4 is 11.8 Å². The zero-order valence-corrected chi connectivity index (χ0v) is 14.3. The largest absolute Gasteiger partial charge is 0.416 e. The Bertz CT molecular complexity index is 916. The average molecular weight is 361 g/mol. The van der Waals surface area contributed by atoms with Crippen LogP contribution in [-0.4, -0.2) is 9.82 Å². The number of hydrogen-bond donors (Lipinski definition) is 0. The Morgan fingerprint density at radius 3 is 2.56 bits per heavy atom. The summed E-state index contributed by atoms with van der Waals surface area (Å²) in [7, 11) is 0. The highest BCUT2D eigenvalue weighted by Gasteiger charge is 2.36. The Balaban J connectivity index is 1.87. The molecule has 1 aliphatic heterocycles. The van der Waals surface area contributed by atoms with Crippen molar-refractivity contribution < 1.29 is 17.7 Å². The highest BCUT2D eigenvalue weighted by molar-refractivity contribution is 7.99. The van der Waals surface area contributed by atoms with Gasteiger partial charge in [-0.1, -0.05) is 36.4 Å². The first-order valence-electron chi connectivity index (χ1n) is 7.98. The molecule has 0 bridgehead atoms. The van der Waals surface area contributed by atoms with Crippen molar-refractivity contribution in [3.63, 3.8) is 0 Å². The Morgan fingerprint density at radius 2 is 1.84 bits per heavy atom. The van der Waals surface area contributed by atoms with Crippen LogP contribution in [0.5, 0.6) is 0 Å². The van der Waals surface area contributed by atoms with Crippen LogP contribution in [0.1, 0.15) is 12.5 Å². The Hall–Kier alpha value is -2.21. The number of benzene rings is 2. The van der Waals surface area contributed by atoms with E-state index in [-0.39, 0.29) is 0 Å². The zero-order valence-electron chi connectivity index (χ0n) is 13.5. The van der Waals surface area contributed by atoms with Gasteiger partial charge in [0.1, 0.15) is 18.4 Å². The first-order valence-corrected chi connectivity index (χ1v) is 8.86. The molecule has 4 rings (SSSR count). The summed E-state index contributed by atoms with van der Waals surface area (Å²) >= 11 is 1.69. The van der Waals surface area contributed by atoms with Crippen LogP contribution in [0.25, 0.3) is 16.9 Å². The predicted octanol–water partition coefficient (Wildman–Crippen LogP) is 4.94. The van der Waals surface area contributed by atoms with Gasteiger partial charge in [0.2, 0.25) is 0 Å². The molecule has 1 aliphatic rings. The lowest BCUT2D eigenvalue weighted by molar-refractivity contribution is -0.715. The van der Waals surface area contributed by atoms with Crippen molar-refractivity contribution in [3.05, 3.63) is 66.4 Å². The summed E-state index contributed by atoms with van der Waals surface area (Å²) in [6, 6.07) is 15.4. The molecule has 0 aliphatic carbocycles. The second-order valence-electron chi connectivity index (χ2n) is 6.12.